The van der Waals surface area contributed by atoms with Crippen molar-refractivity contribution in [3.63, 3.8) is 0 Å². The van der Waals surface area contributed by atoms with Crippen molar-refractivity contribution in [3.05, 3.63) is 51.7 Å². The molecule has 0 amide bonds. The van der Waals surface area contributed by atoms with Gasteiger partial charge in [-0.15, -0.1) is 0 Å². The molecule has 0 aliphatic heterocycles. The van der Waals surface area contributed by atoms with Crippen LogP contribution in [0.15, 0.2) is 40.3 Å². The van der Waals surface area contributed by atoms with Crippen LogP contribution in [0, 0.1) is 22.7 Å². The van der Waals surface area contributed by atoms with Gasteiger partial charge < -0.3 is 4.42 Å². The summed E-state index contributed by atoms with van der Waals surface area (Å²) in [5.41, 5.74) is 0.627. The molecule has 92 valence electrons. The van der Waals surface area contributed by atoms with E-state index in [1.165, 1.54) is 6.08 Å². The SMILES string of the molecule is N#CC(C#N)=Cc1ccc(-c2cccc(Cl)c2Cl)o1. The summed E-state index contributed by atoms with van der Waals surface area (Å²) < 4.78 is 5.52. The van der Waals surface area contributed by atoms with E-state index in [-0.39, 0.29) is 5.57 Å². The first-order valence-corrected chi connectivity index (χ1v) is 5.97. The number of hydrogen-bond acceptors (Lipinski definition) is 3. The fourth-order valence-electron chi connectivity index (χ4n) is 1.50. The summed E-state index contributed by atoms with van der Waals surface area (Å²) in [5.74, 6) is 0.929. The van der Waals surface area contributed by atoms with Gasteiger partial charge in [0.05, 0.1) is 10.0 Å². The van der Waals surface area contributed by atoms with Gasteiger partial charge in [-0.05, 0) is 24.3 Å². The summed E-state index contributed by atoms with van der Waals surface area (Å²) in [6.45, 7) is 0. The highest BCUT2D eigenvalue weighted by Crippen LogP contribution is 2.34. The lowest BCUT2D eigenvalue weighted by molar-refractivity contribution is 0.571. The molecule has 0 bridgehead atoms. The Hall–Kier alpha value is -2.20. The molecule has 1 heterocycles. The first kappa shape index (κ1) is 13.2. The second-order valence-corrected chi connectivity index (χ2v) is 4.37. The molecule has 2 rings (SSSR count). The zero-order valence-corrected chi connectivity index (χ0v) is 11.0. The normalized spacial score (nSPS) is 9.47. The molecule has 0 aliphatic rings. The lowest BCUT2D eigenvalue weighted by Crippen LogP contribution is -1.77. The van der Waals surface area contributed by atoms with Crippen LogP contribution in [0.4, 0.5) is 0 Å². The molecule has 0 fully saturated rings. The van der Waals surface area contributed by atoms with E-state index in [0.717, 1.165) is 0 Å². The van der Waals surface area contributed by atoms with Crippen LogP contribution in [-0.4, -0.2) is 0 Å². The van der Waals surface area contributed by atoms with Gasteiger partial charge in [-0.25, -0.2) is 0 Å². The Bertz CT molecular complexity index is 717. The Balaban J connectivity index is 2.43. The lowest BCUT2D eigenvalue weighted by Gasteiger charge is -2.01. The van der Waals surface area contributed by atoms with E-state index < -0.39 is 0 Å². The van der Waals surface area contributed by atoms with E-state index in [4.69, 9.17) is 38.1 Å². The van der Waals surface area contributed by atoms with Crippen LogP contribution in [0.5, 0.6) is 0 Å². The van der Waals surface area contributed by atoms with Crippen molar-refractivity contribution in [2.24, 2.45) is 0 Å². The highest BCUT2D eigenvalue weighted by molar-refractivity contribution is 6.43. The van der Waals surface area contributed by atoms with Gasteiger partial charge in [0, 0.05) is 11.6 Å². The molecule has 0 saturated heterocycles. The van der Waals surface area contributed by atoms with Gasteiger partial charge in [0.2, 0.25) is 0 Å². The standard InChI is InChI=1S/C14H6Cl2N2O/c15-12-3-1-2-11(14(12)16)13-5-4-10(19-13)6-9(7-17)8-18/h1-6H. The van der Waals surface area contributed by atoms with Gasteiger partial charge in [0.15, 0.2) is 0 Å². The maximum absolute atomic E-state index is 8.67. The Morgan fingerprint density at radius 1 is 1.11 bits per heavy atom. The zero-order valence-electron chi connectivity index (χ0n) is 9.52. The zero-order chi connectivity index (χ0) is 13.8. The minimum atomic E-state index is -0.0295. The Kier molecular flexibility index (Phi) is 3.92. The minimum absolute atomic E-state index is 0.0295. The number of nitrogens with zero attached hydrogens (tertiary/aromatic N) is 2. The third kappa shape index (κ3) is 2.80. The molecule has 1 aromatic carbocycles. The number of rotatable bonds is 2. The highest BCUT2D eigenvalue weighted by atomic mass is 35.5. The van der Waals surface area contributed by atoms with E-state index in [1.807, 2.05) is 0 Å². The second kappa shape index (κ2) is 5.63. The first-order chi connectivity index (χ1) is 9.15. The molecule has 0 unspecified atom stereocenters. The largest absolute Gasteiger partial charge is 0.457 e. The summed E-state index contributed by atoms with van der Waals surface area (Å²) in [6, 6.07) is 12.1. The van der Waals surface area contributed by atoms with Crippen LogP contribution >= 0.6 is 23.2 Å². The average molecular weight is 289 g/mol. The Morgan fingerprint density at radius 2 is 1.84 bits per heavy atom. The van der Waals surface area contributed by atoms with Crippen LogP contribution < -0.4 is 0 Å². The quantitative estimate of drug-likeness (QED) is 0.754. The molecule has 0 aliphatic carbocycles. The van der Waals surface area contributed by atoms with Crippen LogP contribution in [0.1, 0.15) is 5.76 Å². The number of hydrogen-bond donors (Lipinski definition) is 0. The molecular formula is C14H6Cl2N2O. The highest BCUT2D eigenvalue weighted by Gasteiger charge is 2.10. The van der Waals surface area contributed by atoms with Gasteiger partial charge in [-0.2, -0.15) is 10.5 Å². The molecule has 3 nitrogen and oxygen atoms in total. The monoisotopic (exact) mass is 288 g/mol. The number of benzene rings is 1. The molecule has 0 N–H and O–H groups in total. The van der Waals surface area contributed by atoms with Gasteiger partial charge in [0.1, 0.15) is 29.2 Å². The minimum Gasteiger partial charge on any atom is -0.457 e. The Labute approximate surface area is 119 Å². The lowest BCUT2D eigenvalue weighted by atomic mass is 10.2. The predicted molar refractivity (Wildman–Crippen MR) is 73.4 cm³/mol. The maximum Gasteiger partial charge on any atom is 0.136 e. The molecule has 1 aromatic heterocycles. The molecule has 0 radical (unpaired) electrons. The number of halogens is 2. The van der Waals surface area contributed by atoms with Crippen LogP contribution in [-0.2, 0) is 0 Å². The van der Waals surface area contributed by atoms with Gasteiger partial charge in [-0.1, -0.05) is 29.3 Å². The fraction of sp³-hybridized carbons (Fsp3) is 0. The fourth-order valence-corrected chi connectivity index (χ4v) is 1.89. The van der Waals surface area contributed by atoms with Crippen molar-refractivity contribution >= 4 is 29.3 Å². The number of nitriles is 2. The smallest absolute Gasteiger partial charge is 0.136 e. The van der Waals surface area contributed by atoms with Crippen molar-refractivity contribution in [3.8, 4) is 23.5 Å². The van der Waals surface area contributed by atoms with Crippen LogP contribution in [0.25, 0.3) is 17.4 Å². The average Bonchev–Trinajstić information content (AvgIpc) is 2.87. The molecular weight excluding hydrogens is 283 g/mol. The van der Waals surface area contributed by atoms with Gasteiger partial charge in [-0.3, -0.25) is 0 Å². The van der Waals surface area contributed by atoms with Crippen molar-refractivity contribution < 1.29 is 4.42 Å². The van der Waals surface area contributed by atoms with Crippen LogP contribution in [0.3, 0.4) is 0 Å². The predicted octanol–water partition coefficient (Wildman–Crippen LogP) is 4.68. The van der Waals surface area contributed by atoms with E-state index in [0.29, 0.717) is 27.1 Å². The van der Waals surface area contributed by atoms with E-state index in [9.17, 15) is 0 Å². The van der Waals surface area contributed by atoms with E-state index in [2.05, 4.69) is 0 Å². The van der Waals surface area contributed by atoms with Crippen molar-refractivity contribution in [2.75, 3.05) is 0 Å². The van der Waals surface area contributed by atoms with Crippen LogP contribution in [0.2, 0.25) is 10.0 Å². The molecule has 2 aromatic rings. The van der Waals surface area contributed by atoms with E-state index >= 15 is 0 Å². The van der Waals surface area contributed by atoms with Gasteiger partial charge >= 0.3 is 0 Å². The third-order valence-electron chi connectivity index (χ3n) is 2.37. The molecule has 19 heavy (non-hydrogen) atoms. The summed E-state index contributed by atoms with van der Waals surface area (Å²) >= 11 is 12.0. The summed E-state index contributed by atoms with van der Waals surface area (Å²) in [7, 11) is 0. The second-order valence-electron chi connectivity index (χ2n) is 3.59. The maximum atomic E-state index is 8.67. The summed E-state index contributed by atoms with van der Waals surface area (Å²) in [5, 5.41) is 18.2. The van der Waals surface area contributed by atoms with Crippen molar-refractivity contribution in [2.45, 2.75) is 0 Å². The molecule has 0 atom stereocenters. The van der Waals surface area contributed by atoms with Crippen molar-refractivity contribution in [1.29, 1.82) is 10.5 Å². The topological polar surface area (TPSA) is 60.7 Å². The number of furan rings is 1. The Morgan fingerprint density at radius 3 is 2.53 bits per heavy atom. The molecule has 0 saturated carbocycles. The van der Waals surface area contributed by atoms with E-state index in [1.54, 1.807) is 42.5 Å². The molecule has 5 heteroatoms. The van der Waals surface area contributed by atoms with Crippen molar-refractivity contribution in [1.82, 2.24) is 0 Å². The first-order valence-electron chi connectivity index (χ1n) is 5.22. The number of allylic oxidation sites excluding steroid dienone is 1. The summed E-state index contributed by atoms with van der Waals surface area (Å²) in [6.07, 6.45) is 1.36. The third-order valence-corrected chi connectivity index (χ3v) is 3.19. The van der Waals surface area contributed by atoms with Gasteiger partial charge in [0.25, 0.3) is 0 Å². The molecule has 0 spiro atoms. The summed E-state index contributed by atoms with van der Waals surface area (Å²) in [4.78, 5) is 0.